The van der Waals surface area contributed by atoms with Crippen LogP contribution in [0.25, 0.3) is 10.4 Å². The van der Waals surface area contributed by atoms with Crippen LogP contribution in [-0.2, 0) is 11.2 Å². The topological polar surface area (TPSA) is 29.1 Å². The number of carbonyl (C=O) groups is 1. The number of anilines is 1. The number of hydrogen-bond acceptors (Lipinski definition) is 2. The van der Waals surface area contributed by atoms with Gasteiger partial charge in [-0.15, -0.1) is 11.3 Å². The summed E-state index contributed by atoms with van der Waals surface area (Å²) in [6.45, 7) is 0. The molecule has 110 valence electrons. The van der Waals surface area contributed by atoms with Gasteiger partial charge in [0.2, 0.25) is 5.91 Å². The number of benzene rings is 2. The maximum Gasteiger partial charge on any atom is 0.228 e. The Bertz CT molecular complexity index is 766. The Morgan fingerprint density at radius 3 is 2.50 bits per heavy atom. The van der Waals surface area contributed by atoms with Crippen LogP contribution in [0.5, 0.6) is 0 Å². The Hall–Kier alpha value is -2.10. The number of thiophene rings is 1. The molecule has 4 heteroatoms. The van der Waals surface area contributed by atoms with Gasteiger partial charge in [-0.3, -0.25) is 4.79 Å². The van der Waals surface area contributed by atoms with Gasteiger partial charge in [-0.1, -0.05) is 48.0 Å². The molecule has 1 heterocycles. The van der Waals surface area contributed by atoms with Crippen LogP contribution in [0.4, 0.5) is 5.69 Å². The molecule has 0 unspecified atom stereocenters. The Morgan fingerprint density at radius 1 is 1.00 bits per heavy atom. The van der Waals surface area contributed by atoms with Gasteiger partial charge < -0.3 is 5.32 Å². The number of carbonyl (C=O) groups excluding carboxylic acids is 1. The standard InChI is InChI=1S/C18H14ClNOS/c19-14-9-7-13(8-10-14)12-18(21)20-16-5-2-1-4-15(16)17-6-3-11-22-17/h1-11H,12H2,(H,20,21). The molecule has 3 rings (SSSR count). The first-order valence-corrected chi connectivity index (χ1v) is 8.15. The molecule has 22 heavy (non-hydrogen) atoms. The average molecular weight is 328 g/mol. The molecule has 3 aromatic rings. The zero-order valence-corrected chi connectivity index (χ0v) is 13.3. The van der Waals surface area contributed by atoms with Gasteiger partial charge in [-0.25, -0.2) is 0 Å². The molecule has 1 amide bonds. The summed E-state index contributed by atoms with van der Waals surface area (Å²) in [6, 6.07) is 19.2. The highest BCUT2D eigenvalue weighted by Gasteiger charge is 2.09. The summed E-state index contributed by atoms with van der Waals surface area (Å²) in [4.78, 5) is 13.4. The predicted molar refractivity (Wildman–Crippen MR) is 93.5 cm³/mol. The third-order valence-electron chi connectivity index (χ3n) is 3.27. The van der Waals surface area contributed by atoms with E-state index in [1.54, 1.807) is 23.5 Å². The maximum absolute atomic E-state index is 12.2. The van der Waals surface area contributed by atoms with Crippen LogP contribution >= 0.6 is 22.9 Å². The molecule has 0 radical (unpaired) electrons. The lowest BCUT2D eigenvalue weighted by Gasteiger charge is -2.10. The van der Waals surface area contributed by atoms with Gasteiger partial charge in [-0.05, 0) is 35.2 Å². The molecular weight excluding hydrogens is 314 g/mol. The van der Waals surface area contributed by atoms with Crippen LogP contribution in [0.2, 0.25) is 5.02 Å². The van der Waals surface area contributed by atoms with Crippen LogP contribution in [0.15, 0.2) is 66.0 Å². The molecule has 0 bridgehead atoms. The van der Waals surface area contributed by atoms with Crippen LogP contribution in [0.3, 0.4) is 0 Å². The van der Waals surface area contributed by atoms with Crippen molar-refractivity contribution in [2.75, 3.05) is 5.32 Å². The van der Waals surface area contributed by atoms with Crippen molar-refractivity contribution in [3.05, 3.63) is 76.6 Å². The van der Waals surface area contributed by atoms with E-state index in [1.807, 2.05) is 47.8 Å². The van der Waals surface area contributed by atoms with Crippen molar-refractivity contribution >= 4 is 34.5 Å². The lowest BCUT2D eigenvalue weighted by Crippen LogP contribution is -2.14. The number of rotatable bonds is 4. The largest absolute Gasteiger partial charge is 0.325 e. The van der Waals surface area contributed by atoms with E-state index in [9.17, 15) is 4.79 Å². The fourth-order valence-corrected chi connectivity index (χ4v) is 3.11. The first kappa shape index (κ1) is 14.8. The second-order valence-corrected chi connectivity index (χ2v) is 6.26. The maximum atomic E-state index is 12.2. The number of nitrogens with one attached hydrogen (secondary N) is 1. The first-order valence-electron chi connectivity index (χ1n) is 6.89. The van der Waals surface area contributed by atoms with Crippen molar-refractivity contribution in [3.8, 4) is 10.4 Å². The number of hydrogen-bond donors (Lipinski definition) is 1. The highest BCUT2D eigenvalue weighted by molar-refractivity contribution is 7.13. The van der Waals surface area contributed by atoms with Crippen LogP contribution in [0.1, 0.15) is 5.56 Å². The molecule has 1 aromatic heterocycles. The molecular formula is C18H14ClNOS. The molecule has 0 fully saturated rings. The van der Waals surface area contributed by atoms with Crippen molar-refractivity contribution in [1.29, 1.82) is 0 Å². The summed E-state index contributed by atoms with van der Waals surface area (Å²) in [5.74, 6) is -0.0358. The minimum Gasteiger partial charge on any atom is -0.325 e. The summed E-state index contributed by atoms with van der Waals surface area (Å²) in [5.41, 5.74) is 2.82. The van der Waals surface area contributed by atoms with Crippen molar-refractivity contribution in [1.82, 2.24) is 0 Å². The SMILES string of the molecule is O=C(Cc1ccc(Cl)cc1)Nc1ccccc1-c1cccs1. The molecule has 0 atom stereocenters. The van der Waals surface area contributed by atoms with Crippen molar-refractivity contribution in [2.45, 2.75) is 6.42 Å². The number of para-hydroxylation sites is 1. The summed E-state index contributed by atoms with van der Waals surface area (Å²) in [5, 5.41) is 5.70. The minimum atomic E-state index is -0.0358. The third-order valence-corrected chi connectivity index (χ3v) is 4.42. The number of amides is 1. The first-order chi connectivity index (χ1) is 10.7. The normalized spacial score (nSPS) is 10.4. The van der Waals surface area contributed by atoms with Gasteiger partial charge in [-0.2, -0.15) is 0 Å². The third kappa shape index (κ3) is 3.56. The summed E-state index contributed by atoms with van der Waals surface area (Å²) in [7, 11) is 0. The molecule has 2 aromatic carbocycles. The van der Waals surface area contributed by atoms with E-state index >= 15 is 0 Å². The smallest absolute Gasteiger partial charge is 0.228 e. The van der Waals surface area contributed by atoms with E-state index < -0.39 is 0 Å². The van der Waals surface area contributed by atoms with Crippen LogP contribution in [-0.4, -0.2) is 5.91 Å². The van der Waals surface area contributed by atoms with E-state index in [-0.39, 0.29) is 5.91 Å². The van der Waals surface area contributed by atoms with Gasteiger partial charge in [0.25, 0.3) is 0 Å². The quantitative estimate of drug-likeness (QED) is 0.696. The summed E-state index contributed by atoms with van der Waals surface area (Å²) in [6.07, 6.45) is 0.329. The second-order valence-electron chi connectivity index (χ2n) is 4.87. The van der Waals surface area contributed by atoms with Gasteiger partial charge >= 0.3 is 0 Å². The average Bonchev–Trinajstić information content (AvgIpc) is 3.04. The monoisotopic (exact) mass is 327 g/mol. The lowest BCUT2D eigenvalue weighted by molar-refractivity contribution is -0.115. The number of halogens is 1. The van der Waals surface area contributed by atoms with E-state index in [0.29, 0.717) is 11.4 Å². The fourth-order valence-electron chi connectivity index (χ4n) is 2.22. The highest BCUT2D eigenvalue weighted by Crippen LogP contribution is 2.31. The highest BCUT2D eigenvalue weighted by atomic mass is 35.5. The van der Waals surface area contributed by atoms with Crippen LogP contribution in [0, 0.1) is 0 Å². The Morgan fingerprint density at radius 2 is 1.77 bits per heavy atom. The molecule has 0 aliphatic heterocycles. The van der Waals surface area contributed by atoms with E-state index in [0.717, 1.165) is 21.7 Å². The minimum absolute atomic E-state index is 0.0358. The zero-order chi connectivity index (χ0) is 15.4. The Labute approximate surface area is 138 Å². The zero-order valence-electron chi connectivity index (χ0n) is 11.8. The molecule has 0 saturated carbocycles. The van der Waals surface area contributed by atoms with Gasteiger partial charge in [0.15, 0.2) is 0 Å². The Balaban J connectivity index is 1.76. The van der Waals surface area contributed by atoms with Gasteiger partial charge in [0.1, 0.15) is 0 Å². The van der Waals surface area contributed by atoms with Crippen LogP contribution < -0.4 is 5.32 Å². The predicted octanol–water partition coefficient (Wildman–Crippen LogP) is 5.25. The van der Waals surface area contributed by atoms with Crippen molar-refractivity contribution in [3.63, 3.8) is 0 Å². The summed E-state index contributed by atoms with van der Waals surface area (Å²) >= 11 is 7.51. The van der Waals surface area contributed by atoms with Gasteiger partial charge in [0.05, 0.1) is 6.42 Å². The van der Waals surface area contributed by atoms with E-state index in [2.05, 4.69) is 11.4 Å². The second kappa shape index (κ2) is 6.77. The molecule has 2 nitrogen and oxygen atoms in total. The van der Waals surface area contributed by atoms with E-state index in [1.165, 1.54) is 0 Å². The molecule has 1 N–H and O–H groups in total. The van der Waals surface area contributed by atoms with Crippen molar-refractivity contribution in [2.24, 2.45) is 0 Å². The lowest BCUT2D eigenvalue weighted by atomic mass is 10.1. The van der Waals surface area contributed by atoms with Crippen molar-refractivity contribution < 1.29 is 4.79 Å². The Kier molecular flexibility index (Phi) is 4.56. The molecule has 0 aliphatic carbocycles. The van der Waals surface area contributed by atoms with E-state index in [4.69, 9.17) is 11.6 Å². The molecule has 0 spiro atoms. The fraction of sp³-hybridized carbons (Fsp3) is 0.0556. The summed E-state index contributed by atoms with van der Waals surface area (Å²) < 4.78 is 0. The molecule has 0 saturated heterocycles. The van der Waals surface area contributed by atoms with Gasteiger partial charge in [0, 0.05) is 21.2 Å². The molecule has 0 aliphatic rings.